The van der Waals surface area contributed by atoms with Gasteiger partial charge in [0.1, 0.15) is 4.64 Å². The van der Waals surface area contributed by atoms with Gasteiger partial charge in [-0.15, -0.1) is 0 Å². The van der Waals surface area contributed by atoms with Crippen molar-refractivity contribution in [2.45, 2.75) is 13.5 Å². The molecule has 1 aromatic heterocycles. The largest absolute Gasteiger partial charge is 0.301 e. The van der Waals surface area contributed by atoms with Gasteiger partial charge in [-0.3, -0.25) is 19.8 Å². The summed E-state index contributed by atoms with van der Waals surface area (Å²) in [5.74, 6) is 0. The van der Waals surface area contributed by atoms with Gasteiger partial charge in [-0.2, -0.15) is 0 Å². The first-order valence-corrected chi connectivity index (χ1v) is 8.07. The highest BCUT2D eigenvalue weighted by Crippen LogP contribution is 2.20. The zero-order valence-electron chi connectivity index (χ0n) is 13.5. The van der Waals surface area contributed by atoms with Crippen LogP contribution >= 0.6 is 12.2 Å². The average molecular weight is 352 g/mol. The molecule has 0 aliphatic carbocycles. The van der Waals surface area contributed by atoms with E-state index in [9.17, 15) is 10.1 Å². The Bertz CT molecular complexity index is 990. The Kier molecular flexibility index (Phi) is 4.85. The number of non-ortho nitro benzene ring substituents is 1. The minimum atomic E-state index is -0.438. The predicted molar refractivity (Wildman–Crippen MR) is 100 cm³/mol. The number of nitrogens with zero attached hydrogens (tertiary/aromatic N) is 3. The molecule has 3 rings (SSSR count). The molecule has 1 N–H and O–H groups in total. The SMILES string of the molecule is Cc1[nH]n(Cc2ccccc2)c(=S)c1C=Nc1cccc([N+](=O)[O-])c1. The fourth-order valence-corrected chi connectivity index (χ4v) is 2.79. The summed E-state index contributed by atoms with van der Waals surface area (Å²) in [5, 5.41) is 14.1. The molecule has 0 amide bonds. The Morgan fingerprint density at radius 2 is 2.00 bits per heavy atom. The van der Waals surface area contributed by atoms with Crippen LogP contribution in [0.5, 0.6) is 0 Å². The van der Waals surface area contributed by atoms with E-state index in [4.69, 9.17) is 12.2 Å². The second-order valence-corrected chi connectivity index (χ2v) is 5.95. The number of rotatable bonds is 5. The van der Waals surface area contributed by atoms with Gasteiger partial charge in [-0.1, -0.05) is 48.6 Å². The number of nitrogens with one attached hydrogen (secondary N) is 1. The lowest BCUT2D eigenvalue weighted by Gasteiger charge is -2.02. The van der Waals surface area contributed by atoms with E-state index in [0.29, 0.717) is 16.9 Å². The molecule has 0 aliphatic heterocycles. The number of nitro groups is 1. The van der Waals surface area contributed by atoms with Crippen molar-refractivity contribution in [2.24, 2.45) is 4.99 Å². The molecule has 25 heavy (non-hydrogen) atoms. The van der Waals surface area contributed by atoms with Crippen LogP contribution in [0, 0.1) is 21.7 Å². The minimum absolute atomic E-state index is 0.0122. The standard InChI is InChI=1S/C18H16N4O2S/c1-13-17(11-19-15-8-5-9-16(10-15)22(23)24)18(25)21(20-13)12-14-6-3-2-4-7-14/h2-11,20H,12H2,1H3. The van der Waals surface area contributed by atoms with Crippen LogP contribution in [0.2, 0.25) is 0 Å². The molecular formula is C18H16N4O2S. The summed E-state index contributed by atoms with van der Waals surface area (Å²) in [6.45, 7) is 2.57. The monoisotopic (exact) mass is 352 g/mol. The molecule has 1 heterocycles. The summed E-state index contributed by atoms with van der Waals surface area (Å²) < 4.78 is 2.53. The van der Waals surface area contributed by atoms with E-state index < -0.39 is 4.92 Å². The van der Waals surface area contributed by atoms with E-state index in [0.717, 1.165) is 16.8 Å². The fourth-order valence-electron chi connectivity index (χ4n) is 2.47. The summed E-state index contributed by atoms with van der Waals surface area (Å²) in [5.41, 5.74) is 3.37. The number of aliphatic imine (C=N–C) groups is 1. The molecule has 7 heteroatoms. The van der Waals surface area contributed by atoms with Crippen molar-refractivity contribution in [2.75, 3.05) is 0 Å². The van der Waals surface area contributed by atoms with Gasteiger partial charge in [0.2, 0.25) is 0 Å². The number of aryl methyl sites for hydroxylation is 1. The van der Waals surface area contributed by atoms with Crippen LogP contribution in [-0.4, -0.2) is 20.9 Å². The van der Waals surface area contributed by atoms with Gasteiger partial charge in [0.25, 0.3) is 5.69 Å². The van der Waals surface area contributed by atoms with Crippen molar-refractivity contribution < 1.29 is 4.92 Å². The van der Waals surface area contributed by atoms with Crippen LogP contribution in [0.1, 0.15) is 16.8 Å². The first-order chi connectivity index (χ1) is 12.0. The number of hydrogen-bond donors (Lipinski definition) is 1. The Balaban J connectivity index is 1.87. The average Bonchev–Trinajstić information content (AvgIpc) is 2.87. The van der Waals surface area contributed by atoms with Crippen molar-refractivity contribution >= 4 is 29.8 Å². The van der Waals surface area contributed by atoms with Gasteiger partial charge in [-0.25, -0.2) is 0 Å². The molecule has 126 valence electrons. The second kappa shape index (κ2) is 7.23. The number of aromatic amines is 1. The first kappa shape index (κ1) is 16.8. The van der Waals surface area contributed by atoms with Crippen molar-refractivity contribution in [3.63, 3.8) is 0 Å². The number of H-pyrrole nitrogens is 1. The van der Waals surface area contributed by atoms with Gasteiger partial charge in [0.05, 0.1) is 17.2 Å². The van der Waals surface area contributed by atoms with Gasteiger partial charge >= 0.3 is 0 Å². The quantitative estimate of drug-likeness (QED) is 0.316. The smallest absolute Gasteiger partial charge is 0.271 e. The van der Waals surface area contributed by atoms with E-state index in [1.807, 2.05) is 41.9 Å². The zero-order valence-corrected chi connectivity index (χ0v) is 14.4. The Morgan fingerprint density at radius 1 is 1.24 bits per heavy atom. The van der Waals surface area contributed by atoms with Crippen LogP contribution in [0.25, 0.3) is 0 Å². The summed E-state index contributed by atoms with van der Waals surface area (Å²) in [6, 6.07) is 16.2. The maximum absolute atomic E-state index is 10.8. The molecule has 0 spiro atoms. The lowest BCUT2D eigenvalue weighted by atomic mass is 10.2. The molecule has 0 radical (unpaired) electrons. The molecule has 0 bridgehead atoms. The Hall–Kier alpha value is -3.06. The molecule has 3 aromatic rings. The van der Waals surface area contributed by atoms with Gasteiger partial charge in [0, 0.05) is 29.6 Å². The number of aromatic nitrogens is 2. The molecular weight excluding hydrogens is 336 g/mol. The van der Waals surface area contributed by atoms with E-state index >= 15 is 0 Å². The second-order valence-electron chi connectivity index (χ2n) is 5.56. The highest BCUT2D eigenvalue weighted by molar-refractivity contribution is 7.71. The van der Waals surface area contributed by atoms with E-state index in [-0.39, 0.29) is 5.69 Å². The topological polar surface area (TPSA) is 76.2 Å². The van der Waals surface area contributed by atoms with Crippen LogP contribution in [0.15, 0.2) is 59.6 Å². The molecule has 0 aliphatic rings. The van der Waals surface area contributed by atoms with Crippen molar-refractivity contribution in [1.29, 1.82) is 0 Å². The van der Waals surface area contributed by atoms with Gasteiger partial charge in [-0.05, 0) is 18.6 Å². The molecule has 0 saturated carbocycles. The van der Waals surface area contributed by atoms with Crippen molar-refractivity contribution in [1.82, 2.24) is 9.78 Å². The summed E-state index contributed by atoms with van der Waals surface area (Å²) in [7, 11) is 0. The summed E-state index contributed by atoms with van der Waals surface area (Å²) >= 11 is 5.53. The third kappa shape index (κ3) is 3.89. The molecule has 0 fully saturated rings. The molecule has 0 atom stereocenters. The highest BCUT2D eigenvalue weighted by Gasteiger charge is 2.08. The number of nitro benzene ring substituents is 1. The van der Waals surface area contributed by atoms with Crippen LogP contribution in [-0.2, 0) is 6.54 Å². The van der Waals surface area contributed by atoms with Crippen LogP contribution in [0.3, 0.4) is 0 Å². The predicted octanol–water partition coefficient (Wildman–Crippen LogP) is 4.56. The lowest BCUT2D eigenvalue weighted by Crippen LogP contribution is -2.01. The third-order valence-electron chi connectivity index (χ3n) is 3.75. The third-order valence-corrected chi connectivity index (χ3v) is 4.19. The molecule has 2 aromatic carbocycles. The van der Waals surface area contributed by atoms with Crippen LogP contribution in [0.4, 0.5) is 11.4 Å². The highest BCUT2D eigenvalue weighted by atomic mass is 32.1. The normalized spacial score (nSPS) is 11.1. The van der Waals surface area contributed by atoms with E-state index in [2.05, 4.69) is 10.1 Å². The van der Waals surface area contributed by atoms with Crippen LogP contribution < -0.4 is 0 Å². The number of hydrogen-bond acceptors (Lipinski definition) is 4. The molecule has 0 unspecified atom stereocenters. The maximum atomic E-state index is 10.8. The van der Waals surface area contributed by atoms with Crippen molar-refractivity contribution in [3.05, 3.63) is 86.2 Å². The summed E-state index contributed by atoms with van der Waals surface area (Å²) in [4.78, 5) is 14.7. The number of benzene rings is 2. The Morgan fingerprint density at radius 3 is 2.72 bits per heavy atom. The van der Waals surface area contributed by atoms with E-state index in [1.54, 1.807) is 18.3 Å². The lowest BCUT2D eigenvalue weighted by molar-refractivity contribution is -0.384. The fraction of sp³-hybridized carbons (Fsp3) is 0.111. The maximum Gasteiger partial charge on any atom is 0.271 e. The zero-order chi connectivity index (χ0) is 17.8. The van der Waals surface area contributed by atoms with Gasteiger partial charge in [0.15, 0.2) is 0 Å². The minimum Gasteiger partial charge on any atom is -0.301 e. The molecule has 6 nitrogen and oxygen atoms in total. The van der Waals surface area contributed by atoms with E-state index in [1.165, 1.54) is 12.1 Å². The van der Waals surface area contributed by atoms with Gasteiger partial charge < -0.3 is 5.10 Å². The Labute approximate surface area is 149 Å². The summed E-state index contributed by atoms with van der Waals surface area (Å²) in [6.07, 6.45) is 1.65. The molecule has 0 saturated heterocycles. The van der Waals surface area contributed by atoms with Crippen molar-refractivity contribution in [3.8, 4) is 0 Å². The first-order valence-electron chi connectivity index (χ1n) is 7.66.